The van der Waals surface area contributed by atoms with Crippen molar-refractivity contribution in [2.45, 2.75) is 13.5 Å². The molecular weight excluding hydrogens is 420 g/mol. The Balaban J connectivity index is 1.68. The van der Waals surface area contributed by atoms with Gasteiger partial charge < -0.3 is 15.2 Å². The Morgan fingerprint density at radius 2 is 2.08 bits per heavy atom. The van der Waals surface area contributed by atoms with Crippen molar-refractivity contribution in [3.8, 4) is 5.69 Å². The van der Waals surface area contributed by atoms with Crippen molar-refractivity contribution in [1.29, 1.82) is 0 Å². The van der Waals surface area contributed by atoms with E-state index in [2.05, 4.69) is 48.2 Å². The summed E-state index contributed by atoms with van der Waals surface area (Å²) in [5, 5.41) is 7.55. The third-order valence-corrected chi connectivity index (χ3v) is 5.17. The summed E-state index contributed by atoms with van der Waals surface area (Å²) in [6, 6.07) is 13.8. The smallest absolute Gasteiger partial charge is 0.171 e. The molecule has 0 saturated heterocycles. The molecule has 25 heavy (non-hydrogen) atoms. The zero-order valence-electron chi connectivity index (χ0n) is 13.5. The minimum Gasteiger partial charge on any atom is -0.358 e. The average Bonchev–Trinajstić information content (AvgIpc) is 3.02. The molecule has 0 aliphatic heterocycles. The summed E-state index contributed by atoms with van der Waals surface area (Å²) in [6.45, 7) is 2.58. The maximum absolute atomic E-state index is 6.10. The van der Waals surface area contributed by atoms with Crippen LogP contribution in [0.2, 0.25) is 5.02 Å². The third kappa shape index (κ3) is 4.39. The Kier molecular flexibility index (Phi) is 5.73. The van der Waals surface area contributed by atoms with Crippen molar-refractivity contribution < 1.29 is 0 Å². The number of rotatable bonds is 4. The van der Waals surface area contributed by atoms with E-state index in [1.54, 1.807) is 6.20 Å². The van der Waals surface area contributed by atoms with Crippen LogP contribution >= 0.6 is 39.7 Å². The second-order valence-corrected chi connectivity index (χ2v) is 7.08. The molecule has 2 aromatic carbocycles. The number of aromatic nitrogens is 2. The van der Waals surface area contributed by atoms with Crippen LogP contribution in [0.4, 0.5) is 5.69 Å². The molecule has 1 aromatic heterocycles. The molecule has 0 saturated carbocycles. The van der Waals surface area contributed by atoms with Gasteiger partial charge in [-0.15, -0.1) is 0 Å². The average molecular weight is 436 g/mol. The van der Waals surface area contributed by atoms with Gasteiger partial charge in [-0.05, 0) is 64.9 Å². The van der Waals surface area contributed by atoms with Gasteiger partial charge in [0.05, 0.1) is 10.7 Å². The highest BCUT2D eigenvalue weighted by Crippen LogP contribution is 2.25. The lowest BCUT2D eigenvalue weighted by atomic mass is 10.1. The standard InChI is InChI=1S/C18H16BrClN4S/c1-12-21-8-9-24(12)17-5-3-2-4-13(17)11-22-18(25)23-14-6-7-15(19)16(20)10-14/h2-10H,11H2,1H3,(H2,22,23,25). The first kappa shape index (κ1) is 17.9. The quantitative estimate of drug-likeness (QED) is 0.561. The lowest BCUT2D eigenvalue weighted by molar-refractivity contribution is 0.885. The molecule has 0 aliphatic rings. The molecule has 0 atom stereocenters. The van der Waals surface area contributed by atoms with Crippen molar-refractivity contribution in [1.82, 2.24) is 14.9 Å². The van der Waals surface area contributed by atoms with Gasteiger partial charge in [-0.3, -0.25) is 0 Å². The summed E-state index contributed by atoms with van der Waals surface area (Å²) in [5.74, 6) is 0.942. The van der Waals surface area contributed by atoms with Gasteiger partial charge in [-0.2, -0.15) is 0 Å². The van der Waals surface area contributed by atoms with Crippen LogP contribution in [0.1, 0.15) is 11.4 Å². The van der Waals surface area contributed by atoms with Gasteiger partial charge in [0.25, 0.3) is 0 Å². The van der Waals surface area contributed by atoms with E-state index in [1.807, 2.05) is 43.5 Å². The normalized spacial score (nSPS) is 10.5. The van der Waals surface area contributed by atoms with Crippen LogP contribution in [0, 0.1) is 6.92 Å². The number of para-hydroxylation sites is 1. The number of nitrogens with zero attached hydrogens (tertiary/aromatic N) is 2. The van der Waals surface area contributed by atoms with Crippen LogP contribution in [0.15, 0.2) is 59.3 Å². The summed E-state index contributed by atoms with van der Waals surface area (Å²) in [6.07, 6.45) is 3.75. The van der Waals surface area contributed by atoms with Crippen LogP contribution in [0.25, 0.3) is 5.69 Å². The second kappa shape index (κ2) is 7.99. The summed E-state index contributed by atoms with van der Waals surface area (Å²) >= 11 is 14.9. The summed E-state index contributed by atoms with van der Waals surface area (Å²) < 4.78 is 2.91. The van der Waals surface area contributed by atoms with Gasteiger partial charge in [-0.1, -0.05) is 29.8 Å². The Hall–Kier alpha value is -1.89. The van der Waals surface area contributed by atoms with Gasteiger partial charge in [0.1, 0.15) is 5.82 Å². The van der Waals surface area contributed by atoms with Crippen LogP contribution in [0.3, 0.4) is 0 Å². The summed E-state index contributed by atoms with van der Waals surface area (Å²) in [4.78, 5) is 4.29. The first-order valence-corrected chi connectivity index (χ1v) is 9.20. The Bertz CT molecular complexity index is 910. The molecule has 128 valence electrons. The maximum atomic E-state index is 6.10. The van der Waals surface area contributed by atoms with E-state index in [9.17, 15) is 0 Å². The van der Waals surface area contributed by atoms with Crippen molar-refractivity contribution in [2.24, 2.45) is 0 Å². The molecule has 0 radical (unpaired) electrons. The molecular formula is C18H16BrClN4S. The Labute approximate surface area is 165 Å². The number of hydrogen-bond donors (Lipinski definition) is 2. The van der Waals surface area contributed by atoms with Crippen LogP contribution in [-0.4, -0.2) is 14.7 Å². The topological polar surface area (TPSA) is 41.9 Å². The van der Waals surface area contributed by atoms with E-state index >= 15 is 0 Å². The molecule has 3 rings (SSSR count). The molecule has 4 nitrogen and oxygen atoms in total. The predicted molar refractivity (Wildman–Crippen MR) is 111 cm³/mol. The minimum atomic E-state index is 0.538. The van der Waals surface area contributed by atoms with Gasteiger partial charge in [0, 0.05) is 29.1 Å². The van der Waals surface area contributed by atoms with Gasteiger partial charge >= 0.3 is 0 Å². The van der Waals surface area contributed by atoms with Crippen LogP contribution < -0.4 is 10.6 Å². The van der Waals surface area contributed by atoms with Crippen LogP contribution in [0.5, 0.6) is 0 Å². The zero-order valence-corrected chi connectivity index (χ0v) is 16.6. The van der Waals surface area contributed by atoms with E-state index in [0.29, 0.717) is 16.7 Å². The van der Waals surface area contributed by atoms with E-state index in [0.717, 1.165) is 27.2 Å². The van der Waals surface area contributed by atoms with E-state index in [-0.39, 0.29) is 0 Å². The second-order valence-electron chi connectivity index (χ2n) is 5.41. The van der Waals surface area contributed by atoms with Gasteiger partial charge in [0.15, 0.2) is 5.11 Å². The van der Waals surface area contributed by atoms with E-state index in [4.69, 9.17) is 23.8 Å². The van der Waals surface area contributed by atoms with Gasteiger partial charge in [0.2, 0.25) is 0 Å². The molecule has 2 N–H and O–H groups in total. The molecule has 0 spiro atoms. The van der Waals surface area contributed by atoms with E-state index < -0.39 is 0 Å². The van der Waals surface area contributed by atoms with Gasteiger partial charge in [-0.25, -0.2) is 4.98 Å². The molecule has 0 bridgehead atoms. The number of nitrogens with one attached hydrogen (secondary N) is 2. The minimum absolute atomic E-state index is 0.538. The lowest BCUT2D eigenvalue weighted by Gasteiger charge is -2.15. The molecule has 0 unspecified atom stereocenters. The fraction of sp³-hybridized carbons (Fsp3) is 0.111. The molecule has 0 amide bonds. The van der Waals surface area contributed by atoms with E-state index in [1.165, 1.54) is 0 Å². The predicted octanol–water partition coefficient (Wildman–Crippen LogP) is 5.08. The zero-order chi connectivity index (χ0) is 17.8. The number of halogens is 2. The SMILES string of the molecule is Cc1nccn1-c1ccccc1CNC(=S)Nc1ccc(Br)c(Cl)c1. The number of aryl methyl sites for hydroxylation is 1. The van der Waals surface area contributed by atoms with Crippen LogP contribution in [-0.2, 0) is 6.54 Å². The number of hydrogen-bond acceptors (Lipinski definition) is 2. The lowest BCUT2D eigenvalue weighted by Crippen LogP contribution is -2.28. The highest BCUT2D eigenvalue weighted by atomic mass is 79.9. The highest BCUT2D eigenvalue weighted by molar-refractivity contribution is 9.10. The summed E-state index contributed by atoms with van der Waals surface area (Å²) in [7, 11) is 0. The summed E-state index contributed by atoms with van der Waals surface area (Å²) in [5.41, 5.74) is 3.05. The Morgan fingerprint density at radius 1 is 1.28 bits per heavy atom. The fourth-order valence-electron chi connectivity index (χ4n) is 2.45. The largest absolute Gasteiger partial charge is 0.358 e. The molecule has 1 heterocycles. The first-order valence-electron chi connectivity index (χ1n) is 7.63. The number of anilines is 1. The molecule has 0 aliphatic carbocycles. The van der Waals surface area contributed by atoms with Crippen molar-refractivity contribution in [3.05, 3.63) is 75.7 Å². The maximum Gasteiger partial charge on any atom is 0.171 e. The van der Waals surface area contributed by atoms with Crippen molar-refractivity contribution in [2.75, 3.05) is 5.32 Å². The van der Waals surface area contributed by atoms with Crippen molar-refractivity contribution in [3.63, 3.8) is 0 Å². The number of thiocarbonyl (C=S) groups is 1. The Morgan fingerprint density at radius 3 is 2.80 bits per heavy atom. The number of benzene rings is 2. The number of imidazole rings is 1. The van der Waals surface area contributed by atoms with Crippen molar-refractivity contribution >= 4 is 50.5 Å². The highest BCUT2D eigenvalue weighted by Gasteiger charge is 2.07. The fourth-order valence-corrected chi connectivity index (χ4v) is 3.07. The molecule has 3 aromatic rings. The monoisotopic (exact) mass is 434 g/mol. The third-order valence-electron chi connectivity index (χ3n) is 3.69. The molecule has 0 fully saturated rings. The molecule has 7 heteroatoms. The first-order chi connectivity index (χ1) is 12.0.